The molecule has 8 nitrogen and oxygen atoms in total. The predicted molar refractivity (Wildman–Crippen MR) is 172 cm³/mol. The molecule has 0 saturated carbocycles. The highest BCUT2D eigenvalue weighted by molar-refractivity contribution is 5.99. The van der Waals surface area contributed by atoms with Crippen molar-refractivity contribution in [1.82, 2.24) is 29.7 Å². The van der Waals surface area contributed by atoms with E-state index < -0.39 is 11.6 Å². The SMILES string of the molecule is O=C(NCc1ccc(CN2CCN(C(=O)c3cc4c(F)ccc(F)c4[nH]3)CC2)cc1)c1cc2ccccc2n1Cc1ccncc1. The maximum atomic E-state index is 14.1. The molecular weight excluding hydrogens is 586 g/mol. The molecule has 1 aliphatic rings. The largest absolute Gasteiger partial charge is 0.348 e. The highest BCUT2D eigenvalue weighted by atomic mass is 19.1. The number of piperazine rings is 1. The van der Waals surface area contributed by atoms with Crippen molar-refractivity contribution in [3.05, 3.63) is 137 Å². The van der Waals surface area contributed by atoms with Crippen molar-refractivity contribution in [1.29, 1.82) is 0 Å². The maximum Gasteiger partial charge on any atom is 0.270 e. The molecule has 2 amide bonds. The summed E-state index contributed by atoms with van der Waals surface area (Å²) in [6.07, 6.45) is 3.51. The Morgan fingerprint density at radius 1 is 0.783 bits per heavy atom. The molecule has 0 unspecified atom stereocenters. The van der Waals surface area contributed by atoms with Gasteiger partial charge in [0, 0.05) is 74.5 Å². The minimum Gasteiger partial charge on any atom is -0.348 e. The van der Waals surface area contributed by atoms with Crippen LogP contribution in [0, 0.1) is 11.6 Å². The second-order valence-electron chi connectivity index (χ2n) is 11.6. The van der Waals surface area contributed by atoms with Gasteiger partial charge in [-0.15, -0.1) is 0 Å². The third kappa shape index (κ3) is 5.99. The smallest absolute Gasteiger partial charge is 0.270 e. The Balaban J connectivity index is 0.936. The molecule has 1 saturated heterocycles. The third-order valence-electron chi connectivity index (χ3n) is 8.60. The molecule has 0 bridgehead atoms. The van der Waals surface area contributed by atoms with Crippen molar-refractivity contribution < 1.29 is 18.4 Å². The van der Waals surface area contributed by atoms with E-state index in [4.69, 9.17) is 0 Å². The lowest BCUT2D eigenvalue weighted by Gasteiger charge is -2.34. The summed E-state index contributed by atoms with van der Waals surface area (Å²) in [5, 5.41) is 4.17. The molecule has 0 radical (unpaired) electrons. The number of nitrogens with one attached hydrogen (secondary N) is 2. The van der Waals surface area contributed by atoms with E-state index in [0.717, 1.165) is 46.3 Å². The normalized spacial score (nSPS) is 13.8. The van der Waals surface area contributed by atoms with Crippen molar-refractivity contribution >= 4 is 33.6 Å². The van der Waals surface area contributed by atoms with Crippen LogP contribution in [0.1, 0.15) is 37.7 Å². The number of rotatable bonds is 8. The van der Waals surface area contributed by atoms with E-state index in [-0.39, 0.29) is 28.4 Å². The summed E-state index contributed by atoms with van der Waals surface area (Å²) >= 11 is 0. The molecule has 3 aromatic carbocycles. The molecule has 46 heavy (non-hydrogen) atoms. The fourth-order valence-electron chi connectivity index (χ4n) is 6.08. The minimum absolute atomic E-state index is 0.00850. The van der Waals surface area contributed by atoms with Crippen LogP contribution in [0.25, 0.3) is 21.8 Å². The number of pyridine rings is 1. The van der Waals surface area contributed by atoms with Crippen LogP contribution in [0.2, 0.25) is 0 Å². The molecule has 0 atom stereocenters. The van der Waals surface area contributed by atoms with E-state index in [1.165, 1.54) is 6.07 Å². The molecule has 1 aliphatic heterocycles. The Morgan fingerprint density at radius 2 is 1.48 bits per heavy atom. The summed E-state index contributed by atoms with van der Waals surface area (Å²) < 4.78 is 30.2. The number of para-hydroxylation sites is 1. The topological polar surface area (TPSA) is 86.3 Å². The van der Waals surface area contributed by atoms with Crippen LogP contribution in [0.4, 0.5) is 8.78 Å². The number of nitrogens with zero attached hydrogens (tertiary/aromatic N) is 4. The van der Waals surface area contributed by atoms with Gasteiger partial charge in [0.15, 0.2) is 0 Å². The number of H-pyrrole nitrogens is 1. The summed E-state index contributed by atoms with van der Waals surface area (Å²) in [6, 6.07) is 25.5. The lowest BCUT2D eigenvalue weighted by Crippen LogP contribution is -2.48. The molecular formula is C36H32F2N6O2. The predicted octanol–water partition coefficient (Wildman–Crippen LogP) is 5.73. The molecule has 232 valence electrons. The summed E-state index contributed by atoms with van der Waals surface area (Å²) in [6.45, 7) is 4.09. The van der Waals surface area contributed by atoms with Crippen molar-refractivity contribution in [2.24, 2.45) is 0 Å². The van der Waals surface area contributed by atoms with Gasteiger partial charge in [-0.25, -0.2) is 8.78 Å². The van der Waals surface area contributed by atoms with Gasteiger partial charge in [-0.1, -0.05) is 42.5 Å². The van der Waals surface area contributed by atoms with Crippen molar-refractivity contribution in [2.45, 2.75) is 19.6 Å². The summed E-state index contributed by atoms with van der Waals surface area (Å²) in [5.74, 6) is -1.55. The number of carbonyl (C=O) groups is 2. The number of aromatic nitrogens is 3. The van der Waals surface area contributed by atoms with Gasteiger partial charge < -0.3 is 19.8 Å². The lowest BCUT2D eigenvalue weighted by atomic mass is 10.1. The van der Waals surface area contributed by atoms with Crippen molar-refractivity contribution in [3.8, 4) is 0 Å². The highest BCUT2D eigenvalue weighted by Crippen LogP contribution is 2.24. The van der Waals surface area contributed by atoms with Crippen LogP contribution in [-0.2, 0) is 19.6 Å². The number of fused-ring (bicyclic) bond motifs is 2. The third-order valence-corrected chi connectivity index (χ3v) is 8.60. The van der Waals surface area contributed by atoms with Gasteiger partial charge in [0.2, 0.25) is 0 Å². The maximum absolute atomic E-state index is 14.1. The lowest BCUT2D eigenvalue weighted by molar-refractivity contribution is 0.0623. The van der Waals surface area contributed by atoms with Gasteiger partial charge in [-0.3, -0.25) is 19.5 Å². The van der Waals surface area contributed by atoms with Gasteiger partial charge in [0.05, 0.1) is 5.52 Å². The summed E-state index contributed by atoms with van der Waals surface area (Å²) in [5.41, 5.74) is 5.00. The first-order valence-corrected chi connectivity index (χ1v) is 15.2. The molecule has 1 fully saturated rings. The van der Waals surface area contributed by atoms with E-state index in [1.807, 2.05) is 59.2 Å². The molecule has 3 aromatic heterocycles. The van der Waals surface area contributed by atoms with Crippen LogP contribution >= 0.6 is 0 Å². The Kier molecular flexibility index (Phi) is 8.02. The molecule has 10 heteroatoms. The van der Waals surface area contributed by atoms with Gasteiger partial charge in [0.1, 0.15) is 23.0 Å². The van der Waals surface area contributed by atoms with Crippen molar-refractivity contribution in [2.75, 3.05) is 26.2 Å². The molecule has 2 N–H and O–H groups in total. The average Bonchev–Trinajstić information content (AvgIpc) is 3.70. The first kappa shape index (κ1) is 29.4. The van der Waals surface area contributed by atoms with Gasteiger partial charge >= 0.3 is 0 Å². The number of carbonyl (C=O) groups excluding carboxylic acids is 2. The summed E-state index contributed by atoms with van der Waals surface area (Å²) in [7, 11) is 0. The Hall–Kier alpha value is -5.35. The van der Waals surface area contributed by atoms with Gasteiger partial charge in [-0.2, -0.15) is 0 Å². The van der Waals surface area contributed by atoms with Crippen LogP contribution in [0.15, 0.2) is 97.3 Å². The second-order valence-corrected chi connectivity index (χ2v) is 11.6. The van der Waals surface area contributed by atoms with Gasteiger partial charge in [0.25, 0.3) is 11.8 Å². The Labute approximate surface area is 264 Å². The molecule has 7 rings (SSSR count). The van der Waals surface area contributed by atoms with Crippen LogP contribution < -0.4 is 5.32 Å². The van der Waals surface area contributed by atoms with Crippen LogP contribution in [-0.4, -0.2) is 62.3 Å². The molecule has 4 heterocycles. The number of aromatic amines is 1. The van der Waals surface area contributed by atoms with Gasteiger partial charge in [-0.05, 0) is 59.2 Å². The monoisotopic (exact) mass is 618 g/mol. The van der Waals surface area contributed by atoms with E-state index >= 15 is 0 Å². The Morgan fingerprint density at radius 3 is 2.24 bits per heavy atom. The number of amides is 2. The number of halogens is 2. The first-order chi connectivity index (χ1) is 22.4. The number of benzene rings is 3. The zero-order valence-corrected chi connectivity index (χ0v) is 25.0. The zero-order valence-electron chi connectivity index (χ0n) is 25.0. The average molecular weight is 619 g/mol. The second kappa shape index (κ2) is 12.6. The quantitative estimate of drug-likeness (QED) is 0.228. The van der Waals surface area contributed by atoms with E-state index in [2.05, 4.69) is 32.3 Å². The Bertz CT molecular complexity index is 1990. The molecule has 6 aromatic rings. The number of hydrogen-bond acceptors (Lipinski definition) is 4. The minimum atomic E-state index is -0.588. The molecule has 0 spiro atoms. The summed E-state index contributed by atoms with van der Waals surface area (Å²) in [4.78, 5) is 37.2. The van der Waals surface area contributed by atoms with Crippen molar-refractivity contribution in [3.63, 3.8) is 0 Å². The standard InChI is InChI=1S/C36H32F2N6O2/c37-29-9-10-30(38)34-28(29)20-31(41-34)36(46)43-17-15-42(16-18-43)22-25-7-5-24(6-8-25)21-40-35(45)33-19-27-3-1-2-4-32(27)44(33)23-26-11-13-39-14-12-26/h1-14,19-20,41H,15-18,21-23H2,(H,40,45). The highest BCUT2D eigenvalue weighted by Gasteiger charge is 2.24. The fraction of sp³-hybridized carbons (Fsp3) is 0.194. The van der Waals surface area contributed by atoms with E-state index in [9.17, 15) is 18.4 Å². The van der Waals surface area contributed by atoms with Crippen LogP contribution in [0.5, 0.6) is 0 Å². The van der Waals surface area contributed by atoms with E-state index in [0.29, 0.717) is 45.0 Å². The number of hydrogen-bond donors (Lipinski definition) is 2. The van der Waals surface area contributed by atoms with E-state index in [1.54, 1.807) is 17.3 Å². The fourth-order valence-corrected chi connectivity index (χ4v) is 6.08. The first-order valence-electron chi connectivity index (χ1n) is 15.2. The molecule has 0 aliphatic carbocycles. The zero-order chi connectivity index (χ0) is 31.6. The van der Waals surface area contributed by atoms with Crippen LogP contribution in [0.3, 0.4) is 0 Å².